The largest absolute Gasteiger partial charge is 0.389 e. The highest BCUT2D eigenvalue weighted by molar-refractivity contribution is 7.80. The van der Waals surface area contributed by atoms with Crippen LogP contribution in [0.15, 0.2) is 18.2 Å². The number of anilines is 1. The van der Waals surface area contributed by atoms with E-state index in [4.69, 9.17) is 29.6 Å². The first kappa shape index (κ1) is 14.6. The Hall–Kier alpha value is -0.800. The van der Waals surface area contributed by atoms with Gasteiger partial charge in [0.25, 0.3) is 0 Å². The van der Waals surface area contributed by atoms with E-state index in [2.05, 4.69) is 18.9 Å². The lowest BCUT2D eigenvalue weighted by Crippen LogP contribution is -2.39. The molecule has 0 amide bonds. The van der Waals surface area contributed by atoms with E-state index < -0.39 is 0 Å². The molecule has 0 spiro atoms. The molecule has 0 radical (unpaired) electrons. The Bertz CT molecular complexity index is 475. The first-order valence-corrected chi connectivity index (χ1v) is 7.61. The van der Waals surface area contributed by atoms with E-state index in [9.17, 15) is 0 Å². The third kappa shape index (κ3) is 3.21. The monoisotopic (exact) mass is 296 g/mol. The maximum Gasteiger partial charge on any atom is 0.106 e. The number of hydrogen-bond acceptors (Lipinski definition) is 2. The van der Waals surface area contributed by atoms with Crippen molar-refractivity contribution in [1.82, 2.24) is 0 Å². The highest BCUT2D eigenvalue weighted by Crippen LogP contribution is 2.32. The van der Waals surface area contributed by atoms with E-state index in [1.165, 1.54) is 25.7 Å². The molecule has 1 aromatic carbocycles. The maximum atomic E-state index is 6.05. The van der Waals surface area contributed by atoms with Crippen molar-refractivity contribution in [3.05, 3.63) is 28.8 Å². The quantitative estimate of drug-likeness (QED) is 0.855. The van der Waals surface area contributed by atoms with Crippen molar-refractivity contribution in [2.24, 2.45) is 11.7 Å². The van der Waals surface area contributed by atoms with Crippen molar-refractivity contribution in [3.63, 3.8) is 0 Å². The summed E-state index contributed by atoms with van der Waals surface area (Å²) in [5, 5.41) is 0.677. The Labute approximate surface area is 125 Å². The number of nitrogens with two attached hydrogens (primary N) is 1. The first-order valence-electron chi connectivity index (χ1n) is 6.83. The van der Waals surface area contributed by atoms with E-state index >= 15 is 0 Å². The molecule has 19 heavy (non-hydrogen) atoms. The Morgan fingerprint density at radius 2 is 2.05 bits per heavy atom. The van der Waals surface area contributed by atoms with Crippen molar-refractivity contribution in [2.45, 2.75) is 38.6 Å². The van der Waals surface area contributed by atoms with Crippen LogP contribution in [0, 0.1) is 5.92 Å². The van der Waals surface area contributed by atoms with Crippen molar-refractivity contribution in [3.8, 4) is 0 Å². The highest BCUT2D eigenvalue weighted by Gasteiger charge is 2.26. The number of nitrogens with zero attached hydrogens (tertiary/aromatic N) is 1. The average Bonchev–Trinajstić information content (AvgIpc) is 2.38. The predicted octanol–water partition coefficient (Wildman–Crippen LogP) is 3.99. The van der Waals surface area contributed by atoms with Crippen molar-refractivity contribution in [1.29, 1.82) is 0 Å². The number of hydrogen-bond donors (Lipinski definition) is 1. The van der Waals surface area contributed by atoms with Crippen molar-refractivity contribution in [2.75, 3.05) is 11.9 Å². The second kappa shape index (κ2) is 6.10. The zero-order valence-corrected chi connectivity index (χ0v) is 13.1. The predicted molar refractivity (Wildman–Crippen MR) is 87.2 cm³/mol. The fraction of sp³-hybridized carbons (Fsp3) is 0.533. The van der Waals surface area contributed by atoms with E-state index in [-0.39, 0.29) is 0 Å². The third-order valence-corrected chi connectivity index (χ3v) is 4.62. The molecule has 2 unspecified atom stereocenters. The summed E-state index contributed by atoms with van der Waals surface area (Å²) in [5.74, 6) is 0.702. The van der Waals surface area contributed by atoms with Crippen LogP contribution in [-0.4, -0.2) is 18.1 Å². The number of rotatable bonds is 3. The molecule has 0 heterocycles. The van der Waals surface area contributed by atoms with Gasteiger partial charge in [0.05, 0.1) is 0 Å². The minimum absolute atomic E-state index is 0.410. The standard InChI is InChI=1S/C15H21ClN2S/c1-10-5-3-4-6-13(10)18(2)14-8-7-11(16)9-12(14)15(17)19/h7-10,13H,3-6H2,1-2H3,(H2,17,19). The lowest BCUT2D eigenvalue weighted by molar-refractivity contribution is 0.321. The second-order valence-corrected chi connectivity index (χ2v) is 6.34. The van der Waals surface area contributed by atoms with E-state index in [0.29, 0.717) is 22.0 Å². The molecule has 1 aromatic rings. The van der Waals surface area contributed by atoms with Gasteiger partial charge in [-0.1, -0.05) is 43.6 Å². The molecule has 0 bridgehead atoms. The highest BCUT2D eigenvalue weighted by atomic mass is 35.5. The lowest BCUT2D eigenvalue weighted by atomic mass is 9.84. The minimum atomic E-state index is 0.410. The van der Waals surface area contributed by atoms with Gasteiger partial charge in [-0.05, 0) is 37.0 Å². The summed E-state index contributed by atoms with van der Waals surface area (Å²) >= 11 is 11.2. The fourth-order valence-corrected chi connectivity index (χ4v) is 3.40. The Balaban J connectivity index is 2.32. The molecule has 2 atom stereocenters. The molecular weight excluding hydrogens is 276 g/mol. The van der Waals surface area contributed by atoms with Crippen LogP contribution in [0.2, 0.25) is 5.02 Å². The number of benzene rings is 1. The molecular formula is C15H21ClN2S. The van der Waals surface area contributed by atoms with Gasteiger partial charge < -0.3 is 10.6 Å². The SMILES string of the molecule is CC1CCCCC1N(C)c1ccc(Cl)cc1C(N)=S. The van der Waals surface area contributed by atoms with Crippen molar-refractivity contribution >= 4 is 34.5 Å². The number of halogens is 1. The molecule has 2 nitrogen and oxygen atoms in total. The molecule has 1 aliphatic carbocycles. The van der Waals surface area contributed by atoms with Gasteiger partial charge >= 0.3 is 0 Å². The van der Waals surface area contributed by atoms with Gasteiger partial charge in [-0.2, -0.15) is 0 Å². The summed E-state index contributed by atoms with van der Waals surface area (Å²) < 4.78 is 0. The molecule has 2 N–H and O–H groups in total. The van der Waals surface area contributed by atoms with E-state index in [1.54, 1.807) is 0 Å². The van der Waals surface area contributed by atoms with Crippen LogP contribution >= 0.6 is 23.8 Å². The molecule has 0 aliphatic heterocycles. The lowest BCUT2D eigenvalue weighted by Gasteiger charge is -2.38. The van der Waals surface area contributed by atoms with Crippen LogP contribution in [0.1, 0.15) is 38.2 Å². The summed E-state index contributed by atoms with van der Waals surface area (Å²) in [7, 11) is 2.14. The molecule has 2 rings (SSSR count). The second-order valence-electron chi connectivity index (χ2n) is 5.47. The molecule has 0 aromatic heterocycles. The first-order chi connectivity index (χ1) is 9.00. The summed E-state index contributed by atoms with van der Waals surface area (Å²) in [6.07, 6.45) is 5.17. The van der Waals surface area contributed by atoms with Crippen LogP contribution in [0.3, 0.4) is 0 Å². The molecule has 1 saturated carbocycles. The Morgan fingerprint density at radius 3 is 2.68 bits per heavy atom. The van der Waals surface area contributed by atoms with E-state index in [0.717, 1.165) is 11.3 Å². The molecule has 4 heteroatoms. The summed E-state index contributed by atoms with van der Waals surface area (Å²) in [5.41, 5.74) is 7.80. The maximum absolute atomic E-state index is 6.05. The Morgan fingerprint density at radius 1 is 1.37 bits per heavy atom. The summed E-state index contributed by atoms with van der Waals surface area (Å²) in [6.45, 7) is 2.33. The van der Waals surface area contributed by atoms with Crippen LogP contribution in [-0.2, 0) is 0 Å². The summed E-state index contributed by atoms with van der Waals surface area (Å²) in [4.78, 5) is 2.74. The normalized spacial score (nSPS) is 23.1. The Kier molecular flexibility index (Phi) is 4.69. The zero-order chi connectivity index (χ0) is 14.0. The van der Waals surface area contributed by atoms with Crippen LogP contribution < -0.4 is 10.6 Å². The fourth-order valence-electron chi connectivity index (χ4n) is 3.06. The van der Waals surface area contributed by atoms with Gasteiger partial charge in [-0.15, -0.1) is 0 Å². The van der Waals surface area contributed by atoms with Gasteiger partial charge in [-0.3, -0.25) is 0 Å². The van der Waals surface area contributed by atoms with Gasteiger partial charge in [0, 0.05) is 29.4 Å². The van der Waals surface area contributed by atoms with Crippen LogP contribution in [0.4, 0.5) is 5.69 Å². The van der Waals surface area contributed by atoms with Crippen molar-refractivity contribution < 1.29 is 0 Å². The molecule has 1 fully saturated rings. The molecule has 0 saturated heterocycles. The summed E-state index contributed by atoms with van der Waals surface area (Å²) in [6, 6.07) is 6.35. The van der Waals surface area contributed by atoms with Gasteiger partial charge in [-0.25, -0.2) is 0 Å². The van der Waals surface area contributed by atoms with Crippen LogP contribution in [0.25, 0.3) is 0 Å². The topological polar surface area (TPSA) is 29.3 Å². The molecule has 1 aliphatic rings. The number of thiocarbonyl (C=S) groups is 1. The van der Waals surface area contributed by atoms with Crippen LogP contribution in [0.5, 0.6) is 0 Å². The zero-order valence-electron chi connectivity index (χ0n) is 11.5. The van der Waals surface area contributed by atoms with Gasteiger partial charge in [0.15, 0.2) is 0 Å². The smallest absolute Gasteiger partial charge is 0.106 e. The van der Waals surface area contributed by atoms with Gasteiger partial charge in [0.1, 0.15) is 4.99 Å². The van der Waals surface area contributed by atoms with E-state index in [1.807, 2.05) is 18.2 Å². The molecule has 104 valence electrons. The van der Waals surface area contributed by atoms with Gasteiger partial charge in [0.2, 0.25) is 0 Å². The average molecular weight is 297 g/mol. The third-order valence-electron chi connectivity index (χ3n) is 4.17. The minimum Gasteiger partial charge on any atom is -0.389 e.